The van der Waals surface area contributed by atoms with E-state index in [1.54, 1.807) is 6.08 Å². The van der Waals surface area contributed by atoms with Crippen LogP contribution in [0.15, 0.2) is 11.6 Å². The molecule has 1 nitrogen and oxygen atoms in total. The zero-order valence-electron chi connectivity index (χ0n) is 7.98. The van der Waals surface area contributed by atoms with Crippen LogP contribution >= 0.6 is 0 Å². The van der Waals surface area contributed by atoms with E-state index in [9.17, 15) is 9.18 Å². The van der Waals surface area contributed by atoms with Gasteiger partial charge in [-0.05, 0) is 37.2 Å². The van der Waals surface area contributed by atoms with Gasteiger partial charge in [-0.25, -0.2) is 4.39 Å². The first-order chi connectivity index (χ1) is 6.12. The van der Waals surface area contributed by atoms with Crippen LogP contribution in [-0.4, -0.2) is 12.0 Å². The minimum Gasteiger partial charge on any atom is -0.292 e. The molecule has 0 bridgehead atoms. The van der Waals surface area contributed by atoms with Crippen molar-refractivity contribution in [1.29, 1.82) is 0 Å². The summed E-state index contributed by atoms with van der Waals surface area (Å²) < 4.78 is 13.2. The van der Waals surface area contributed by atoms with Gasteiger partial charge in [0.2, 0.25) is 0 Å². The van der Waals surface area contributed by atoms with Gasteiger partial charge >= 0.3 is 0 Å². The first-order valence-corrected chi connectivity index (χ1v) is 5.01. The van der Waals surface area contributed by atoms with Crippen LogP contribution in [0.25, 0.3) is 0 Å². The van der Waals surface area contributed by atoms with Gasteiger partial charge in [-0.15, -0.1) is 0 Å². The smallest absolute Gasteiger partial charge is 0.189 e. The number of ketones is 1. The quantitative estimate of drug-likeness (QED) is 0.563. The number of rotatable bonds is 0. The van der Waals surface area contributed by atoms with Crippen molar-refractivity contribution in [2.45, 2.75) is 45.2 Å². The fourth-order valence-electron chi connectivity index (χ4n) is 2.53. The summed E-state index contributed by atoms with van der Waals surface area (Å²) in [6.07, 6.45) is 5.11. The molecular weight excluding hydrogens is 167 g/mol. The predicted molar refractivity (Wildman–Crippen MR) is 49.2 cm³/mol. The predicted octanol–water partition coefficient (Wildman–Crippen LogP) is 2.80. The third-order valence-electron chi connectivity index (χ3n) is 3.45. The maximum atomic E-state index is 13.2. The minimum atomic E-state index is -1.24. The lowest BCUT2D eigenvalue weighted by Crippen LogP contribution is -2.34. The molecule has 1 saturated carbocycles. The van der Waals surface area contributed by atoms with Crippen molar-refractivity contribution in [3.8, 4) is 0 Å². The van der Waals surface area contributed by atoms with Crippen LogP contribution in [-0.2, 0) is 4.79 Å². The molecule has 0 aliphatic heterocycles. The van der Waals surface area contributed by atoms with Gasteiger partial charge in [-0.1, -0.05) is 18.9 Å². The third-order valence-corrected chi connectivity index (χ3v) is 3.45. The second-order valence-corrected chi connectivity index (χ2v) is 4.51. The fourth-order valence-corrected chi connectivity index (χ4v) is 2.53. The Morgan fingerprint density at radius 1 is 1.54 bits per heavy atom. The number of hydrogen-bond donors (Lipinski definition) is 0. The van der Waals surface area contributed by atoms with Gasteiger partial charge in [0, 0.05) is 0 Å². The molecule has 72 valence electrons. The second kappa shape index (κ2) is 2.93. The molecule has 2 aliphatic rings. The van der Waals surface area contributed by atoms with Crippen LogP contribution in [0.3, 0.4) is 0 Å². The Hall–Kier alpha value is -0.660. The van der Waals surface area contributed by atoms with Gasteiger partial charge in [-0.3, -0.25) is 4.79 Å². The number of fused-ring (bicyclic) bond motifs is 1. The third kappa shape index (κ3) is 1.43. The number of alkyl halides is 1. The van der Waals surface area contributed by atoms with E-state index in [1.165, 1.54) is 12.0 Å². The van der Waals surface area contributed by atoms with Crippen molar-refractivity contribution < 1.29 is 9.18 Å². The average molecular weight is 182 g/mol. The first kappa shape index (κ1) is 8.92. The molecule has 0 amide bonds. The van der Waals surface area contributed by atoms with Crippen LogP contribution in [0.1, 0.15) is 39.0 Å². The van der Waals surface area contributed by atoms with Crippen molar-refractivity contribution in [2.75, 3.05) is 0 Å². The summed E-state index contributed by atoms with van der Waals surface area (Å²) in [6.45, 7) is 2.09. The normalized spacial score (nSPS) is 39.7. The summed E-state index contributed by atoms with van der Waals surface area (Å²) in [5.74, 6) is -0.311. The average Bonchev–Trinajstić information content (AvgIpc) is 2.07. The van der Waals surface area contributed by atoms with Crippen LogP contribution in [0, 0.1) is 5.41 Å². The molecule has 0 aromatic heterocycles. The molecular formula is C11H15FO. The Kier molecular flexibility index (Phi) is 2.01. The zero-order chi connectivity index (χ0) is 9.47. The van der Waals surface area contributed by atoms with Crippen molar-refractivity contribution in [3.05, 3.63) is 11.6 Å². The van der Waals surface area contributed by atoms with E-state index >= 15 is 0 Å². The summed E-state index contributed by atoms with van der Waals surface area (Å²) in [4.78, 5) is 11.1. The van der Waals surface area contributed by atoms with Gasteiger partial charge in [-0.2, -0.15) is 0 Å². The highest BCUT2D eigenvalue weighted by atomic mass is 19.1. The molecule has 0 saturated heterocycles. The van der Waals surface area contributed by atoms with Crippen LogP contribution in [0.5, 0.6) is 0 Å². The highest BCUT2D eigenvalue weighted by Gasteiger charge is 2.39. The van der Waals surface area contributed by atoms with E-state index < -0.39 is 6.17 Å². The van der Waals surface area contributed by atoms with Crippen molar-refractivity contribution >= 4 is 5.78 Å². The fraction of sp³-hybridized carbons (Fsp3) is 0.727. The standard InChI is InChI=1S/C11H15FO/c1-11-5-3-2-4-8(11)6-10(13)9(12)7-11/h6,9H,2-5,7H2,1H3. The molecule has 13 heavy (non-hydrogen) atoms. The summed E-state index contributed by atoms with van der Waals surface area (Å²) in [5, 5.41) is 0. The number of carbonyl (C=O) groups is 1. The molecule has 2 rings (SSSR count). The Bertz CT molecular complexity index is 269. The monoisotopic (exact) mass is 182 g/mol. The van der Waals surface area contributed by atoms with Crippen molar-refractivity contribution in [3.63, 3.8) is 0 Å². The molecule has 2 heteroatoms. The van der Waals surface area contributed by atoms with Gasteiger partial charge in [0.25, 0.3) is 0 Å². The molecule has 2 atom stereocenters. The maximum Gasteiger partial charge on any atom is 0.189 e. The van der Waals surface area contributed by atoms with Gasteiger partial charge in [0.05, 0.1) is 0 Å². The summed E-state index contributed by atoms with van der Waals surface area (Å²) in [6, 6.07) is 0. The largest absolute Gasteiger partial charge is 0.292 e. The first-order valence-electron chi connectivity index (χ1n) is 5.01. The lowest BCUT2D eigenvalue weighted by Gasteiger charge is -2.39. The summed E-state index contributed by atoms with van der Waals surface area (Å²) in [7, 11) is 0. The summed E-state index contributed by atoms with van der Waals surface area (Å²) >= 11 is 0. The Labute approximate surface area is 78.0 Å². The van der Waals surface area contributed by atoms with E-state index in [4.69, 9.17) is 0 Å². The van der Waals surface area contributed by atoms with Crippen LogP contribution in [0.2, 0.25) is 0 Å². The lowest BCUT2D eigenvalue weighted by atomic mass is 9.65. The molecule has 0 heterocycles. The number of allylic oxidation sites excluding steroid dienone is 2. The van der Waals surface area contributed by atoms with Crippen LogP contribution in [0.4, 0.5) is 4.39 Å². The maximum absolute atomic E-state index is 13.2. The van der Waals surface area contributed by atoms with Gasteiger partial charge < -0.3 is 0 Å². The van der Waals surface area contributed by atoms with Gasteiger partial charge in [0.1, 0.15) is 0 Å². The molecule has 0 radical (unpaired) electrons. The molecule has 0 aromatic carbocycles. The highest BCUT2D eigenvalue weighted by Crippen LogP contribution is 2.46. The van der Waals surface area contributed by atoms with E-state index in [0.29, 0.717) is 6.42 Å². The Balaban J connectivity index is 2.31. The molecule has 0 aromatic rings. The van der Waals surface area contributed by atoms with Crippen LogP contribution < -0.4 is 0 Å². The topological polar surface area (TPSA) is 17.1 Å². The molecule has 2 unspecified atom stereocenters. The number of carbonyl (C=O) groups excluding carboxylic acids is 1. The summed E-state index contributed by atoms with van der Waals surface area (Å²) in [5.41, 5.74) is 1.18. The molecule has 2 aliphatic carbocycles. The Morgan fingerprint density at radius 2 is 2.31 bits per heavy atom. The van der Waals surface area contributed by atoms with Gasteiger partial charge in [0.15, 0.2) is 12.0 Å². The van der Waals surface area contributed by atoms with E-state index in [-0.39, 0.29) is 11.2 Å². The molecule has 0 N–H and O–H groups in total. The minimum absolute atomic E-state index is 0.00836. The SMILES string of the molecule is CC12CCCCC1=CC(=O)C(F)C2. The van der Waals surface area contributed by atoms with Crippen molar-refractivity contribution in [1.82, 2.24) is 0 Å². The molecule has 1 fully saturated rings. The van der Waals surface area contributed by atoms with Crippen molar-refractivity contribution in [2.24, 2.45) is 5.41 Å². The lowest BCUT2D eigenvalue weighted by molar-refractivity contribution is -0.121. The zero-order valence-corrected chi connectivity index (χ0v) is 7.98. The van der Waals surface area contributed by atoms with E-state index in [1.807, 2.05) is 0 Å². The van der Waals surface area contributed by atoms with E-state index in [0.717, 1.165) is 19.3 Å². The highest BCUT2D eigenvalue weighted by molar-refractivity contribution is 5.95. The number of hydrogen-bond acceptors (Lipinski definition) is 1. The van der Waals surface area contributed by atoms with E-state index in [2.05, 4.69) is 6.92 Å². The number of halogens is 1. The second-order valence-electron chi connectivity index (χ2n) is 4.51. The Morgan fingerprint density at radius 3 is 3.08 bits per heavy atom. The molecule has 0 spiro atoms.